The lowest BCUT2D eigenvalue weighted by molar-refractivity contribution is 0.929. The molecule has 0 bridgehead atoms. The molecule has 1 heterocycles. The molecule has 0 N–H and O–H groups in total. The molecule has 0 amide bonds. The molecule has 214 valence electrons. The second-order valence-electron chi connectivity index (χ2n) is 12.1. The van der Waals surface area contributed by atoms with Crippen LogP contribution in [0.3, 0.4) is 0 Å². The Labute approximate surface area is 263 Å². The quantitative estimate of drug-likeness (QED) is 0.198. The number of rotatable bonds is 5. The number of nitrogens with zero attached hydrogens (tertiary/aromatic N) is 2. The molecule has 0 unspecified atom stereocenters. The third-order valence-electron chi connectivity index (χ3n) is 9.52. The van der Waals surface area contributed by atoms with E-state index in [1.165, 1.54) is 78.0 Å². The fourth-order valence-electron chi connectivity index (χ4n) is 7.41. The number of hydrogen-bond acceptors (Lipinski definition) is 1. The van der Waals surface area contributed by atoms with Gasteiger partial charge in [0, 0.05) is 33.5 Å². The third-order valence-corrected chi connectivity index (χ3v) is 9.52. The summed E-state index contributed by atoms with van der Waals surface area (Å²) in [7, 11) is 0. The van der Waals surface area contributed by atoms with Crippen LogP contribution < -0.4 is 4.90 Å². The third kappa shape index (κ3) is 4.33. The Morgan fingerprint density at radius 2 is 1.18 bits per heavy atom. The normalized spacial score (nSPS) is 13.8. The number of fused-ring (bicyclic) bond motifs is 6. The van der Waals surface area contributed by atoms with Crippen LogP contribution >= 0.6 is 0 Å². The molecule has 7 aromatic rings. The SMILES string of the molecule is C1=C(c2ccccc2)CCC(N(c2ccc3c(c2)Cc2ccccc2-3)c2ccc3c4ccccc4n(-c4ccccc4)c3c2)=C1. The van der Waals surface area contributed by atoms with E-state index in [9.17, 15) is 0 Å². The number of benzene rings is 6. The van der Waals surface area contributed by atoms with Crippen LogP contribution in [0.15, 0.2) is 163 Å². The number of allylic oxidation sites excluding steroid dienone is 4. The van der Waals surface area contributed by atoms with Crippen LogP contribution in [-0.2, 0) is 6.42 Å². The number of hydrogen-bond donors (Lipinski definition) is 0. The lowest BCUT2D eigenvalue weighted by Crippen LogP contribution is -2.18. The summed E-state index contributed by atoms with van der Waals surface area (Å²) in [6, 6.07) is 53.2. The lowest BCUT2D eigenvalue weighted by atomic mass is 9.94. The van der Waals surface area contributed by atoms with E-state index in [1.54, 1.807) is 0 Å². The zero-order valence-corrected chi connectivity index (χ0v) is 25.0. The van der Waals surface area contributed by atoms with Gasteiger partial charge < -0.3 is 9.47 Å². The molecule has 0 aliphatic heterocycles. The molecular formula is C43H32N2. The van der Waals surface area contributed by atoms with Crippen LogP contribution in [0.5, 0.6) is 0 Å². The van der Waals surface area contributed by atoms with Gasteiger partial charge in [-0.05, 0) is 101 Å². The van der Waals surface area contributed by atoms with E-state index in [2.05, 4.69) is 167 Å². The van der Waals surface area contributed by atoms with Crippen molar-refractivity contribution in [1.29, 1.82) is 0 Å². The van der Waals surface area contributed by atoms with Gasteiger partial charge in [0.1, 0.15) is 0 Å². The van der Waals surface area contributed by atoms with Gasteiger partial charge in [0.05, 0.1) is 11.0 Å². The van der Waals surface area contributed by atoms with E-state index in [-0.39, 0.29) is 0 Å². The maximum atomic E-state index is 2.49. The second kappa shape index (κ2) is 10.5. The molecule has 2 nitrogen and oxygen atoms in total. The monoisotopic (exact) mass is 576 g/mol. The average Bonchev–Trinajstić information content (AvgIpc) is 3.64. The lowest BCUT2D eigenvalue weighted by Gasteiger charge is -2.30. The van der Waals surface area contributed by atoms with E-state index in [1.807, 2.05) is 0 Å². The summed E-state index contributed by atoms with van der Waals surface area (Å²) >= 11 is 0. The van der Waals surface area contributed by atoms with Crippen LogP contribution in [-0.4, -0.2) is 4.57 Å². The molecule has 2 heteroatoms. The summed E-state index contributed by atoms with van der Waals surface area (Å²) in [5.41, 5.74) is 15.6. The highest BCUT2D eigenvalue weighted by atomic mass is 15.2. The van der Waals surface area contributed by atoms with Gasteiger partial charge >= 0.3 is 0 Å². The zero-order valence-electron chi connectivity index (χ0n) is 25.0. The zero-order chi connectivity index (χ0) is 29.7. The van der Waals surface area contributed by atoms with E-state index < -0.39 is 0 Å². The molecule has 9 rings (SSSR count). The van der Waals surface area contributed by atoms with E-state index >= 15 is 0 Å². The van der Waals surface area contributed by atoms with Gasteiger partial charge in [0.2, 0.25) is 0 Å². The minimum absolute atomic E-state index is 0.970. The number of para-hydroxylation sites is 2. The molecule has 0 fully saturated rings. The van der Waals surface area contributed by atoms with Crippen LogP contribution in [0.25, 0.3) is 44.2 Å². The highest BCUT2D eigenvalue weighted by Crippen LogP contribution is 2.43. The van der Waals surface area contributed by atoms with Crippen molar-refractivity contribution in [2.45, 2.75) is 19.3 Å². The smallest absolute Gasteiger partial charge is 0.0561 e. The first-order valence-corrected chi connectivity index (χ1v) is 15.9. The van der Waals surface area contributed by atoms with Gasteiger partial charge in [-0.15, -0.1) is 0 Å². The topological polar surface area (TPSA) is 8.17 Å². The van der Waals surface area contributed by atoms with Crippen molar-refractivity contribution >= 4 is 38.8 Å². The van der Waals surface area contributed by atoms with Crippen molar-refractivity contribution in [2.75, 3.05) is 4.90 Å². The molecule has 0 spiro atoms. The van der Waals surface area contributed by atoms with Gasteiger partial charge in [-0.2, -0.15) is 0 Å². The Morgan fingerprint density at radius 3 is 2.02 bits per heavy atom. The minimum Gasteiger partial charge on any atom is -0.314 e. The first-order valence-electron chi connectivity index (χ1n) is 15.9. The standard InChI is InChI=1S/C43H32N2/c1-3-11-30(12-4-1)31-19-21-35(22-20-31)44(36-23-25-39-33(28-36)27-32-13-7-8-16-38(32)39)37-24-26-41-40-17-9-10-18-42(40)45(43(41)29-37)34-14-5-2-6-15-34/h1-19,21,23-26,28-29H,20,22,27H2. The average molecular weight is 577 g/mol. The van der Waals surface area contributed by atoms with Gasteiger partial charge in [0.15, 0.2) is 0 Å². The maximum absolute atomic E-state index is 2.49. The summed E-state index contributed by atoms with van der Waals surface area (Å²) < 4.78 is 2.41. The highest BCUT2D eigenvalue weighted by molar-refractivity contribution is 6.10. The Kier molecular flexibility index (Phi) is 6.05. The molecule has 45 heavy (non-hydrogen) atoms. The van der Waals surface area contributed by atoms with Crippen molar-refractivity contribution < 1.29 is 0 Å². The molecule has 0 saturated carbocycles. The fourth-order valence-corrected chi connectivity index (χ4v) is 7.41. The first kappa shape index (κ1) is 25.9. The maximum Gasteiger partial charge on any atom is 0.0561 e. The molecule has 0 atom stereocenters. The predicted octanol–water partition coefficient (Wildman–Crippen LogP) is 11.3. The Morgan fingerprint density at radius 1 is 0.489 bits per heavy atom. The van der Waals surface area contributed by atoms with Crippen LogP contribution in [0, 0.1) is 0 Å². The molecule has 0 saturated heterocycles. The summed E-state index contributed by atoms with van der Waals surface area (Å²) in [5, 5.41) is 2.54. The Hall–Kier alpha value is -5.60. The van der Waals surface area contributed by atoms with E-state index in [4.69, 9.17) is 0 Å². The Bertz CT molecular complexity index is 2290. The summed E-state index contributed by atoms with van der Waals surface area (Å²) in [6.07, 6.45) is 7.62. The van der Waals surface area contributed by atoms with Crippen LogP contribution in [0.2, 0.25) is 0 Å². The van der Waals surface area contributed by atoms with E-state index in [0.29, 0.717) is 0 Å². The van der Waals surface area contributed by atoms with Crippen molar-refractivity contribution in [3.05, 3.63) is 180 Å². The number of aromatic nitrogens is 1. The minimum atomic E-state index is 0.970. The van der Waals surface area contributed by atoms with Gasteiger partial charge in [-0.1, -0.05) is 109 Å². The predicted molar refractivity (Wildman–Crippen MR) is 189 cm³/mol. The van der Waals surface area contributed by atoms with Crippen molar-refractivity contribution in [3.63, 3.8) is 0 Å². The largest absolute Gasteiger partial charge is 0.314 e. The van der Waals surface area contributed by atoms with Crippen molar-refractivity contribution in [2.24, 2.45) is 0 Å². The van der Waals surface area contributed by atoms with Crippen LogP contribution in [0.1, 0.15) is 29.5 Å². The second-order valence-corrected chi connectivity index (χ2v) is 12.1. The van der Waals surface area contributed by atoms with Gasteiger partial charge in [-0.25, -0.2) is 0 Å². The van der Waals surface area contributed by atoms with Gasteiger partial charge in [-0.3, -0.25) is 0 Å². The molecular weight excluding hydrogens is 544 g/mol. The molecule has 1 aromatic heterocycles. The molecule has 2 aliphatic rings. The van der Waals surface area contributed by atoms with Crippen molar-refractivity contribution in [3.8, 4) is 16.8 Å². The highest BCUT2D eigenvalue weighted by Gasteiger charge is 2.23. The number of anilines is 2. The summed E-state index contributed by atoms with van der Waals surface area (Å²) in [4.78, 5) is 2.49. The molecule has 2 aliphatic carbocycles. The fraction of sp³-hybridized carbons (Fsp3) is 0.0698. The van der Waals surface area contributed by atoms with Gasteiger partial charge in [0.25, 0.3) is 0 Å². The van der Waals surface area contributed by atoms with Crippen LogP contribution in [0.4, 0.5) is 11.4 Å². The summed E-state index contributed by atoms with van der Waals surface area (Å²) in [5.74, 6) is 0. The van der Waals surface area contributed by atoms with Crippen molar-refractivity contribution in [1.82, 2.24) is 4.57 Å². The molecule has 0 radical (unpaired) electrons. The summed E-state index contributed by atoms with van der Waals surface area (Å²) in [6.45, 7) is 0. The molecule has 6 aromatic carbocycles. The Balaban J connectivity index is 1.23. The van der Waals surface area contributed by atoms with E-state index in [0.717, 1.165) is 19.3 Å². The first-order chi connectivity index (χ1) is 22.3.